The summed E-state index contributed by atoms with van der Waals surface area (Å²) in [5.41, 5.74) is 0.454. The Morgan fingerprint density at radius 2 is 2.27 bits per heavy atom. The van der Waals surface area contributed by atoms with Gasteiger partial charge in [-0.1, -0.05) is 12.1 Å². The zero-order chi connectivity index (χ0) is 10.8. The Balaban J connectivity index is 2.53. The number of carbonyl (C=O) groups excluding carboxylic acids is 1. The molecule has 2 rings (SSSR count). The molecule has 0 aliphatic carbocycles. The van der Waals surface area contributed by atoms with Crippen LogP contribution in [-0.2, 0) is 0 Å². The topological polar surface area (TPSA) is 30.0 Å². The van der Waals surface area contributed by atoms with E-state index in [0.29, 0.717) is 26.2 Å². The van der Waals surface area contributed by atoms with Crippen molar-refractivity contribution in [3.63, 3.8) is 0 Å². The first kappa shape index (κ1) is 10.4. The Kier molecular flexibility index (Phi) is 2.93. The minimum absolute atomic E-state index is 0.335. The molecule has 5 heteroatoms. The molecule has 0 radical (unpaired) electrons. The molecule has 0 aliphatic heterocycles. The van der Waals surface area contributed by atoms with Crippen molar-refractivity contribution >= 4 is 33.6 Å². The number of hydrogen-bond donors (Lipinski definition) is 0. The van der Waals surface area contributed by atoms with Gasteiger partial charge in [0.2, 0.25) is 0 Å². The second kappa shape index (κ2) is 4.20. The second-order valence-corrected chi connectivity index (χ2v) is 4.70. The minimum Gasteiger partial charge on any atom is -0.295 e. The van der Waals surface area contributed by atoms with Gasteiger partial charge in [-0.25, -0.2) is 9.37 Å². The van der Waals surface area contributed by atoms with E-state index < -0.39 is 0 Å². The monoisotopic (exact) mass is 285 g/mol. The van der Waals surface area contributed by atoms with Gasteiger partial charge in [0.05, 0.1) is 9.35 Å². The van der Waals surface area contributed by atoms with Gasteiger partial charge in [0.15, 0.2) is 11.3 Å². The number of hydrogen-bond acceptors (Lipinski definition) is 3. The highest BCUT2D eigenvalue weighted by Crippen LogP contribution is 2.31. The number of halogens is 2. The molecule has 15 heavy (non-hydrogen) atoms. The predicted molar refractivity (Wildman–Crippen MR) is 60.6 cm³/mol. The molecule has 1 aromatic carbocycles. The standard InChI is InChI=1S/C10H5BrFNOS/c11-7-3-1-2-6(10(7)12)8-4-13-9(5-14)15-8/h1-5H. The molecule has 0 atom stereocenters. The van der Waals surface area contributed by atoms with Crippen LogP contribution in [0, 0.1) is 5.82 Å². The highest BCUT2D eigenvalue weighted by Gasteiger charge is 2.10. The lowest BCUT2D eigenvalue weighted by atomic mass is 10.2. The van der Waals surface area contributed by atoms with Gasteiger partial charge in [0.1, 0.15) is 5.82 Å². The number of aromatic nitrogens is 1. The van der Waals surface area contributed by atoms with Crippen LogP contribution < -0.4 is 0 Å². The summed E-state index contributed by atoms with van der Waals surface area (Å²) in [6, 6.07) is 5.02. The molecule has 2 nitrogen and oxygen atoms in total. The highest BCUT2D eigenvalue weighted by molar-refractivity contribution is 9.10. The maximum absolute atomic E-state index is 13.6. The van der Waals surface area contributed by atoms with Gasteiger partial charge in [0, 0.05) is 11.8 Å². The summed E-state index contributed by atoms with van der Waals surface area (Å²) >= 11 is 4.28. The maximum atomic E-state index is 13.6. The molecule has 1 heterocycles. The highest BCUT2D eigenvalue weighted by atomic mass is 79.9. The number of benzene rings is 1. The molecule has 0 fully saturated rings. The van der Waals surface area contributed by atoms with E-state index in [1.165, 1.54) is 17.5 Å². The van der Waals surface area contributed by atoms with Gasteiger partial charge in [-0.3, -0.25) is 4.79 Å². The predicted octanol–water partition coefficient (Wildman–Crippen LogP) is 3.52. The van der Waals surface area contributed by atoms with E-state index in [4.69, 9.17) is 0 Å². The van der Waals surface area contributed by atoms with Crippen molar-refractivity contribution in [2.45, 2.75) is 0 Å². The lowest BCUT2D eigenvalue weighted by Gasteiger charge is -2.00. The summed E-state index contributed by atoms with van der Waals surface area (Å²) in [6.07, 6.45) is 2.16. The lowest BCUT2D eigenvalue weighted by Crippen LogP contribution is -1.82. The van der Waals surface area contributed by atoms with Crippen LogP contribution in [0.25, 0.3) is 10.4 Å². The molecule has 0 spiro atoms. The fourth-order valence-corrected chi connectivity index (χ4v) is 2.28. The van der Waals surface area contributed by atoms with Gasteiger partial charge in [-0.2, -0.15) is 0 Å². The van der Waals surface area contributed by atoms with Crippen LogP contribution >= 0.6 is 27.3 Å². The first-order valence-electron chi connectivity index (χ1n) is 4.08. The van der Waals surface area contributed by atoms with E-state index in [9.17, 15) is 9.18 Å². The number of nitrogens with zero attached hydrogens (tertiary/aromatic N) is 1. The minimum atomic E-state index is -0.335. The average Bonchev–Trinajstić information content (AvgIpc) is 2.70. The summed E-state index contributed by atoms with van der Waals surface area (Å²) in [7, 11) is 0. The van der Waals surface area contributed by atoms with Crippen LogP contribution in [0.4, 0.5) is 4.39 Å². The van der Waals surface area contributed by atoms with Crippen molar-refractivity contribution in [1.29, 1.82) is 0 Å². The zero-order valence-corrected chi connectivity index (χ0v) is 9.81. The third kappa shape index (κ3) is 1.98. The summed E-state index contributed by atoms with van der Waals surface area (Å²) in [4.78, 5) is 14.9. The molecule has 0 aliphatic rings. The van der Waals surface area contributed by atoms with E-state index >= 15 is 0 Å². The molecular weight excluding hydrogens is 281 g/mol. The van der Waals surface area contributed by atoms with Crippen molar-refractivity contribution in [3.05, 3.63) is 39.7 Å². The van der Waals surface area contributed by atoms with Gasteiger partial charge in [-0.05, 0) is 22.0 Å². The van der Waals surface area contributed by atoms with Crippen LogP contribution in [0.1, 0.15) is 9.80 Å². The Hall–Kier alpha value is -1.07. The van der Waals surface area contributed by atoms with E-state index in [-0.39, 0.29) is 5.82 Å². The smallest absolute Gasteiger partial charge is 0.178 e. The third-order valence-electron chi connectivity index (χ3n) is 1.84. The van der Waals surface area contributed by atoms with Gasteiger partial charge < -0.3 is 0 Å². The molecule has 0 bridgehead atoms. The molecule has 0 amide bonds. The van der Waals surface area contributed by atoms with Crippen LogP contribution in [0.5, 0.6) is 0 Å². The molecule has 76 valence electrons. The SMILES string of the molecule is O=Cc1ncc(-c2cccc(Br)c2F)s1. The fraction of sp³-hybridized carbons (Fsp3) is 0. The third-order valence-corrected chi connectivity index (χ3v) is 3.41. The summed E-state index contributed by atoms with van der Waals surface area (Å²) in [5.74, 6) is -0.335. The normalized spacial score (nSPS) is 10.3. The van der Waals surface area contributed by atoms with Crippen molar-refractivity contribution in [2.24, 2.45) is 0 Å². The van der Waals surface area contributed by atoms with E-state index in [1.54, 1.807) is 18.2 Å². The number of rotatable bonds is 2. The molecule has 0 saturated carbocycles. The summed E-state index contributed by atoms with van der Waals surface area (Å²) in [5, 5.41) is 0.351. The van der Waals surface area contributed by atoms with E-state index in [2.05, 4.69) is 20.9 Å². The first-order chi connectivity index (χ1) is 7.22. The van der Waals surface area contributed by atoms with Gasteiger partial charge in [0.25, 0.3) is 0 Å². The fourth-order valence-electron chi connectivity index (χ4n) is 1.16. The number of carbonyl (C=O) groups is 1. The largest absolute Gasteiger partial charge is 0.295 e. The summed E-state index contributed by atoms with van der Waals surface area (Å²) < 4.78 is 14.0. The van der Waals surface area contributed by atoms with E-state index in [0.717, 1.165) is 0 Å². The van der Waals surface area contributed by atoms with Crippen molar-refractivity contribution in [1.82, 2.24) is 4.98 Å². The van der Waals surface area contributed by atoms with Crippen LogP contribution in [-0.4, -0.2) is 11.3 Å². The van der Waals surface area contributed by atoms with Crippen molar-refractivity contribution in [3.8, 4) is 10.4 Å². The maximum Gasteiger partial charge on any atom is 0.178 e. The average molecular weight is 286 g/mol. The Morgan fingerprint density at radius 3 is 2.93 bits per heavy atom. The Morgan fingerprint density at radius 1 is 1.47 bits per heavy atom. The van der Waals surface area contributed by atoms with Crippen molar-refractivity contribution in [2.75, 3.05) is 0 Å². The van der Waals surface area contributed by atoms with Crippen LogP contribution in [0.15, 0.2) is 28.9 Å². The number of aldehydes is 1. The number of thiazole rings is 1. The van der Waals surface area contributed by atoms with Gasteiger partial charge >= 0.3 is 0 Å². The van der Waals surface area contributed by atoms with E-state index in [1.807, 2.05) is 0 Å². The second-order valence-electron chi connectivity index (χ2n) is 2.78. The Labute approximate surface area is 97.9 Å². The van der Waals surface area contributed by atoms with Crippen LogP contribution in [0.2, 0.25) is 0 Å². The molecule has 0 saturated heterocycles. The molecule has 0 N–H and O–H groups in total. The molecule has 0 unspecified atom stereocenters. The quantitative estimate of drug-likeness (QED) is 0.790. The zero-order valence-electron chi connectivity index (χ0n) is 7.41. The van der Waals surface area contributed by atoms with Gasteiger partial charge in [-0.15, -0.1) is 11.3 Å². The lowest BCUT2D eigenvalue weighted by molar-refractivity contribution is 0.112. The first-order valence-corrected chi connectivity index (χ1v) is 5.68. The van der Waals surface area contributed by atoms with Crippen molar-refractivity contribution < 1.29 is 9.18 Å². The van der Waals surface area contributed by atoms with Crippen LogP contribution in [0.3, 0.4) is 0 Å². The summed E-state index contributed by atoms with van der Waals surface area (Å²) in [6.45, 7) is 0. The molecule has 2 aromatic rings. The Bertz CT molecular complexity index is 512. The molecular formula is C10H5BrFNOS. The molecule has 1 aromatic heterocycles.